The van der Waals surface area contributed by atoms with Gasteiger partial charge in [0.2, 0.25) is 5.91 Å². The summed E-state index contributed by atoms with van der Waals surface area (Å²) >= 11 is 0. The number of methoxy groups -OCH3 is 1. The molecular weight excluding hydrogens is 250 g/mol. The fourth-order valence-corrected chi connectivity index (χ4v) is 2.42. The standard InChI is InChI=1S/C13H23NO5/c1-9-6-10(4-5-19-9)12(17)14-13(2,8-18-3)7-11(15)16/h9-10H,4-8H2,1-3H3,(H,14,17)(H,15,16). The van der Waals surface area contributed by atoms with Crippen molar-refractivity contribution in [2.24, 2.45) is 5.92 Å². The summed E-state index contributed by atoms with van der Waals surface area (Å²) in [6.45, 7) is 4.36. The van der Waals surface area contributed by atoms with E-state index in [1.807, 2.05) is 6.92 Å². The fourth-order valence-electron chi connectivity index (χ4n) is 2.42. The van der Waals surface area contributed by atoms with Crippen molar-refractivity contribution in [3.8, 4) is 0 Å². The summed E-state index contributed by atoms with van der Waals surface area (Å²) in [6.07, 6.45) is 1.25. The highest BCUT2D eigenvalue weighted by Gasteiger charge is 2.33. The number of amides is 1. The third kappa shape index (κ3) is 5.16. The molecule has 1 amide bonds. The maximum Gasteiger partial charge on any atom is 0.305 e. The number of carbonyl (C=O) groups is 2. The molecule has 0 aromatic rings. The summed E-state index contributed by atoms with van der Waals surface area (Å²) in [4.78, 5) is 23.1. The molecule has 0 aromatic heterocycles. The van der Waals surface area contributed by atoms with E-state index >= 15 is 0 Å². The first kappa shape index (κ1) is 15.9. The summed E-state index contributed by atoms with van der Waals surface area (Å²) < 4.78 is 10.4. The fraction of sp³-hybridized carbons (Fsp3) is 0.846. The first-order valence-corrected chi connectivity index (χ1v) is 6.50. The first-order valence-electron chi connectivity index (χ1n) is 6.50. The molecule has 3 unspecified atom stereocenters. The highest BCUT2D eigenvalue weighted by molar-refractivity contribution is 5.80. The van der Waals surface area contributed by atoms with E-state index in [0.29, 0.717) is 19.4 Å². The Morgan fingerprint density at radius 1 is 1.53 bits per heavy atom. The number of hydrogen-bond donors (Lipinski definition) is 2. The van der Waals surface area contributed by atoms with Crippen LogP contribution in [-0.2, 0) is 19.1 Å². The number of carboxylic acid groups (broad SMARTS) is 1. The Morgan fingerprint density at radius 2 is 2.21 bits per heavy atom. The molecule has 3 atom stereocenters. The van der Waals surface area contributed by atoms with E-state index in [9.17, 15) is 9.59 Å². The topological polar surface area (TPSA) is 84.9 Å². The second kappa shape index (κ2) is 6.86. The lowest BCUT2D eigenvalue weighted by Gasteiger charge is -2.33. The van der Waals surface area contributed by atoms with Crippen LogP contribution in [0.5, 0.6) is 0 Å². The molecule has 19 heavy (non-hydrogen) atoms. The van der Waals surface area contributed by atoms with Crippen LogP contribution in [-0.4, -0.2) is 48.9 Å². The zero-order chi connectivity index (χ0) is 14.5. The number of ether oxygens (including phenoxy) is 2. The van der Waals surface area contributed by atoms with Crippen LogP contribution in [0.3, 0.4) is 0 Å². The molecule has 1 aliphatic rings. The summed E-state index contributed by atoms with van der Waals surface area (Å²) in [7, 11) is 1.49. The van der Waals surface area contributed by atoms with Gasteiger partial charge in [0.1, 0.15) is 0 Å². The maximum atomic E-state index is 12.2. The molecule has 0 aliphatic carbocycles. The molecule has 0 saturated carbocycles. The predicted octanol–water partition coefficient (Wildman–Crippen LogP) is 0.798. The quantitative estimate of drug-likeness (QED) is 0.747. The monoisotopic (exact) mass is 273 g/mol. The molecular formula is C13H23NO5. The van der Waals surface area contributed by atoms with Gasteiger partial charge in [0.15, 0.2) is 0 Å². The Labute approximate surface area is 113 Å². The Morgan fingerprint density at radius 3 is 2.74 bits per heavy atom. The van der Waals surface area contributed by atoms with E-state index in [2.05, 4.69) is 5.32 Å². The van der Waals surface area contributed by atoms with Gasteiger partial charge in [0.25, 0.3) is 0 Å². The Bertz CT molecular complexity index is 333. The van der Waals surface area contributed by atoms with E-state index in [4.69, 9.17) is 14.6 Å². The van der Waals surface area contributed by atoms with Crippen LogP contribution in [0.15, 0.2) is 0 Å². The number of carbonyl (C=O) groups excluding carboxylic acids is 1. The van der Waals surface area contributed by atoms with Gasteiger partial charge in [-0.1, -0.05) is 0 Å². The van der Waals surface area contributed by atoms with Crippen molar-refractivity contribution in [1.82, 2.24) is 5.32 Å². The molecule has 110 valence electrons. The third-order valence-corrected chi connectivity index (χ3v) is 3.29. The van der Waals surface area contributed by atoms with Gasteiger partial charge >= 0.3 is 5.97 Å². The first-order chi connectivity index (χ1) is 8.86. The summed E-state index contributed by atoms with van der Waals surface area (Å²) in [6, 6.07) is 0. The molecule has 0 aromatic carbocycles. The van der Waals surface area contributed by atoms with Crippen molar-refractivity contribution in [2.75, 3.05) is 20.3 Å². The molecule has 1 heterocycles. The molecule has 1 rings (SSSR count). The van der Waals surface area contributed by atoms with Crippen LogP contribution >= 0.6 is 0 Å². The van der Waals surface area contributed by atoms with Gasteiger partial charge in [-0.2, -0.15) is 0 Å². The van der Waals surface area contributed by atoms with E-state index in [-0.39, 0.29) is 31.0 Å². The van der Waals surface area contributed by atoms with Crippen LogP contribution in [0.4, 0.5) is 0 Å². The van der Waals surface area contributed by atoms with Gasteiger partial charge in [0.05, 0.1) is 24.7 Å². The Kier molecular flexibility index (Phi) is 5.75. The molecule has 0 bridgehead atoms. The van der Waals surface area contributed by atoms with E-state index in [1.54, 1.807) is 6.92 Å². The van der Waals surface area contributed by atoms with Crippen LogP contribution in [0.1, 0.15) is 33.1 Å². The zero-order valence-electron chi connectivity index (χ0n) is 11.8. The number of hydrogen-bond acceptors (Lipinski definition) is 4. The minimum atomic E-state index is -0.958. The van der Waals surface area contributed by atoms with Crippen molar-refractivity contribution in [3.63, 3.8) is 0 Å². The van der Waals surface area contributed by atoms with Gasteiger partial charge in [-0.3, -0.25) is 9.59 Å². The maximum absolute atomic E-state index is 12.2. The molecule has 6 nitrogen and oxygen atoms in total. The van der Waals surface area contributed by atoms with Crippen molar-refractivity contribution in [2.45, 2.75) is 44.8 Å². The van der Waals surface area contributed by atoms with Gasteiger partial charge in [-0.05, 0) is 26.7 Å². The molecule has 1 saturated heterocycles. The molecule has 1 aliphatic heterocycles. The SMILES string of the molecule is COCC(C)(CC(=O)O)NC(=O)C1CCOC(C)C1. The summed E-state index contributed by atoms with van der Waals surface area (Å²) in [5, 5.41) is 11.7. The van der Waals surface area contributed by atoms with Gasteiger partial charge < -0.3 is 19.9 Å². The Balaban J connectivity index is 2.62. The van der Waals surface area contributed by atoms with Crippen LogP contribution in [0.2, 0.25) is 0 Å². The molecule has 1 fully saturated rings. The molecule has 6 heteroatoms. The smallest absolute Gasteiger partial charge is 0.305 e. The molecule has 0 spiro atoms. The largest absolute Gasteiger partial charge is 0.481 e. The zero-order valence-corrected chi connectivity index (χ0v) is 11.8. The lowest BCUT2D eigenvalue weighted by Crippen LogP contribution is -2.53. The van der Waals surface area contributed by atoms with Crippen LogP contribution in [0, 0.1) is 5.92 Å². The van der Waals surface area contributed by atoms with Gasteiger partial charge in [-0.15, -0.1) is 0 Å². The van der Waals surface area contributed by atoms with E-state index in [1.165, 1.54) is 7.11 Å². The predicted molar refractivity (Wildman–Crippen MR) is 68.8 cm³/mol. The second-order valence-corrected chi connectivity index (χ2v) is 5.46. The Hall–Kier alpha value is -1.14. The lowest BCUT2D eigenvalue weighted by molar-refractivity contribution is -0.140. The van der Waals surface area contributed by atoms with Gasteiger partial charge in [0, 0.05) is 19.6 Å². The van der Waals surface area contributed by atoms with E-state index in [0.717, 1.165) is 0 Å². The van der Waals surface area contributed by atoms with Crippen molar-refractivity contribution >= 4 is 11.9 Å². The average molecular weight is 273 g/mol. The molecule has 2 N–H and O–H groups in total. The normalized spacial score (nSPS) is 26.5. The van der Waals surface area contributed by atoms with E-state index < -0.39 is 11.5 Å². The average Bonchev–Trinajstić information content (AvgIpc) is 2.27. The number of carboxylic acids is 1. The summed E-state index contributed by atoms with van der Waals surface area (Å²) in [5.74, 6) is -1.19. The number of nitrogens with one attached hydrogen (secondary N) is 1. The third-order valence-electron chi connectivity index (χ3n) is 3.29. The van der Waals surface area contributed by atoms with Crippen molar-refractivity contribution in [1.29, 1.82) is 0 Å². The minimum absolute atomic E-state index is 0.0673. The highest BCUT2D eigenvalue weighted by atomic mass is 16.5. The number of aliphatic carboxylic acids is 1. The summed E-state index contributed by atoms with van der Waals surface area (Å²) in [5.41, 5.74) is -0.876. The number of rotatable bonds is 6. The highest BCUT2D eigenvalue weighted by Crippen LogP contribution is 2.21. The van der Waals surface area contributed by atoms with Crippen LogP contribution < -0.4 is 5.32 Å². The molecule has 0 radical (unpaired) electrons. The van der Waals surface area contributed by atoms with Crippen LogP contribution in [0.25, 0.3) is 0 Å². The minimum Gasteiger partial charge on any atom is -0.481 e. The lowest BCUT2D eigenvalue weighted by atomic mass is 9.92. The second-order valence-electron chi connectivity index (χ2n) is 5.46. The van der Waals surface area contributed by atoms with Crippen molar-refractivity contribution in [3.05, 3.63) is 0 Å². The van der Waals surface area contributed by atoms with Crippen molar-refractivity contribution < 1.29 is 24.2 Å². The van der Waals surface area contributed by atoms with Gasteiger partial charge in [-0.25, -0.2) is 0 Å².